The Bertz CT molecular complexity index is 1790. The van der Waals surface area contributed by atoms with Crippen LogP contribution in [0.3, 0.4) is 0 Å². The van der Waals surface area contributed by atoms with Crippen LogP contribution in [0.5, 0.6) is 5.75 Å². The van der Waals surface area contributed by atoms with E-state index in [2.05, 4.69) is 39.0 Å². The lowest BCUT2D eigenvalue weighted by Gasteiger charge is -2.21. The van der Waals surface area contributed by atoms with E-state index in [1.54, 1.807) is 4.90 Å². The second-order valence-electron chi connectivity index (χ2n) is 11.1. The van der Waals surface area contributed by atoms with Crippen molar-refractivity contribution in [2.45, 2.75) is 57.2 Å². The predicted octanol–water partition coefficient (Wildman–Crippen LogP) is 6.66. The number of nitrogens with one attached hydrogen (secondary N) is 1. The quantitative estimate of drug-likeness (QED) is 0.255. The molecule has 1 saturated heterocycles. The first kappa shape index (κ1) is 30.4. The highest BCUT2D eigenvalue weighted by atomic mass is 32.2. The van der Waals surface area contributed by atoms with E-state index >= 15 is 0 Å². The van der Waals surface area contributed by atoms with Gasteiger partial charge in [-0.2, -0.15) is 4.99 Å². The molecule has 4 aromatic rings. The zero-order chi connectivity index (χ0) is 31.9. The summed E-state index contributed by atoms with van der Waals surface area (Å²) >= 11 is 1.27. The SMILES string of the molecule is CC1SC(=NC(=O)NC2Cc3ccc(-c4ncn(-c5ccc(OC(F)(F)F)cc5)n4)cc3C2)N(c2ccccc2C(C)C)C1=O. The lowest BCUT2D eigenvalue weighted by atomic mass is 10.0. The summed E-state index contributed by atoms with van der Waals surface area (Å²) < 4.78 is 42.8. The van der Waals surface area contributed by atoms with Crippen LogP contribution in [0.15, 0.2) is 78.0 Å². The van der Waals surface area contributed by atoms with Crippen molar-refractivity contribution in [2.75, 3.05) is 4.90 Å². The third-order valence-corrected chi connectivity index (χ3v) is 8.63. The number of para-hydroxylation sites is 1. The minimum absolute atomic E-state index is 0.107. The van der Waals surface area contributed by atoms with Gasteiger partial charge < -0.3 is 10.1 Å². The molecule has 1 fully saturated rings. The fourth-order valence-electron chi connectivity index (χ4n) is 5.49. The summed E-state index contributed by atoms with van der Waals surface area (Å²) in [7, 11) is 0. The largest absolute Gasteiger partial charge is 0.573 e. The van der Waals surface area contributed by atoms with Gasteiger partial charge in [0.2, 0.25) is 5.91 Å². The number of aromatic nitrogens is 3. The number of hydrogen-bond acceptors (Lipinski definition) is 6. The van der Waals surface area contributed by atoms with Crippen LogP contribution in [0.1, 0.15) is 43.4 Å². The number of thioether (sulfide) groups is 1. The second-order valence-corrected chi connectivity index (χ2v) is 12.4. The molecule has 3 aromatic carbocycles. The van der Waals surface area contributed by atoms with E-state index in [1.807, 2.05) is 49.4 Å². The molecule has 13 heteroatoms. The number of urea groups is 1. The van der Waals surface area contributed by atoms with Gasteiger partial charge >= 0.3 is 12.4 Å². The summed E-state index contributed by atoms with van der Waals surface area (Å²) in [5.41, 5.74) is 5.17. The molecule has 1 N–H and O–H groups in total. The van der Waals surface area contributed by atoms with Crippen molar-refractivity contribution in [3.8, 4) is 22.8 Å². The first-order chi connectivity index (χ1) is 21.4. The number of rotatable bonds is 6. The number of hydrogen-bond donors (Lipinski definition) is 1. The molecule has 2 unspecified atom stereocenters. The minimum atomic E-state index is -4.76. The molecule has 232 valence electrons. The van der Waals surface area contributed by atoms with Crippen LogP contribution < -0.4 is 15.0 Å². The summed E-state index contributed by atoms with van der Waals surface area (Å²) in [6.45, 7) is 5.93. The van der Waals surface area contributed by atoms with E-state index in [4.69, 9.17) is 0 Å². The Morgan fingerprint density at radius 3 is 2.53 bits per heavy atom. The van der Waals surface area contributed by atoms with E-state index in [0.29, 0.717) is 29.5 Å². The maximum absolute atomic E-state index is 13.1. The zero-order valence-corrected chi connectivity index (χ0v) is 25.4. The standard InChI is InChI=1S/C32H29F3N6O3S/c1-18(2)26-6-4-5-7-27(26)41-29(42)19(3)45-31(41)38-30(43)37-23-15-20-8-9-21(14-22(20)16-23)28-36-17-40(39-28)24-10-12-25(13-11-24)44-32(33,34)35/h4-14,17-19,23H,15-16H2,1-3H3,(H,37,43). The molecule has 0 radical (unpaired) electrons. The van der Waals surface area contributed by atoms with Crippen molar-refractivity contribution in [2.24, 2.45) is 4.99 Å². The van der Waals surface area contributed by atoms with Gasteiger partial charge in [-0.05, 0) is 78.8 Å². The Kier molecular flexibility index (Phi) is 8.12. The molecule has 1 aliphatic carbocycles. The van der Waals surface area contributed by atoms with Crippen molar-refractivity contribution in [1.82, 2.24) is 20.1 Å². The highest BCUT2D eigenvalue weighted by Gasteiger charge is 2.38. The number of benzene rings is 3. The van der Waals surface area contributed by atoms with E-state index in [0.717, 1.165) is 27.9 Å². The summed E-state index contributed by atoms with van der Waals surface area (Å²) in [6, 6.07) is 18.2. The Morgan fingerprint density at radius 1 is 1.07 bits per heavy atom. The van der Waals surface area contributed by atoms with Gasteiger partial charge in [0.1, 0.15) is 12.1 Å². The van der Waals surface area contributed by atoms with Gasteiger partial charge in [0.15, 0.2) is 11.0 Å². The molecule has 45 heavy (non-hydrogen) atoms. The first-order valence-corrected chi connectivity index (χ1v) is 15.2. The average Bonchev–Trinajstić information content (AvgIpc) is 3.69. The smallest absolute Gasteiger partial charge is 0.406 e. The molecule has 2 heterocycles. The van der Waals surface area contributed by atoms with Gasteiger partial charge in [-0.15, -0.1) is 18.3 Å². The average molecular weight is 635 g/mol. The molecule has 2 atom stereocenters. The van der Waals surface area contributed by atoms with Gasteiger partial charge in [0.05, 0.1) is 16.6 Å². The van der Waals surface area contributed by atoms with Crippen molar-refractivity contribution in [3.63, 3.8) is 0 Å². The number of amides is 3. The molecule has 2 aliphatic rings. The molecule has 0 spiro atoms. The Balaban J connectivity index is 1.13. The number of alkyl halides is 3. The van der Waals surface area contributed by atoms with Crippen molar-refractivity contribution in [3.05, 3.63) is 89.7 Å². The minimum Gasteiger partial charge on any atom is -0.406 e. The Labute approximate surface area is 261 Å². The molecule has 3 amide bonds. The normalized spacial score (nSPS) is 19.0. The maximum atomic E-state index is 13.1. The topological polar surface area (TPSA) is 102 Å². The maximum Gasteiger partial charge on any atom is 0.573 e. The van der Waals surface area contributed by atoms with Gasteiger partial charge in [-0.3, -0.25) is 9.69 Å². The van der Waals surface area contributed by atoms with E-state index in [-0.39, 0.29) is 28.9 Å². The number of carbonyl (C=O) groups excluding carboxylic acids is 2. The highest BCUT2D eigenvalue weighted by Crippen LogP contribution is 2.36. The number of carbonyl (C=O) groups is 2. The van der Waals surface area contributed by atoms with Gasteiger partial charge in [-0.25, -0.2) is 14.5 Å². The molecule has 1 aromatic heterocycles. The second kappa shape index (κ2) is 12.0. The van der Waals surface area contributed by atoms with Gasteiger partial charge in [-0.1, -0.05) is 55.9 Å². The van der Waals surface area contributed by atoms with E-state index < -0.39 is 12.4 Å². The number of halogens is 3. The number of ether oxygens (including phenoxy) is 1. The third-order valence-electron chi connectivity index (χ3n) is 7.59. The molecule has 6 rings (SSSR count). The number of nitrogens with zero attached hydrogens (tertiary/aromatic N) is 5. The molecule has 0 saturated carbocycles. The fraction of sp³-hybridized carbons (Fsp3) is 0.281. The van der Waals surface area contributed by atoms with Crippen LogP contribution in [-0.2, 0) is 17.6 Å². The van der Waals surface area contributed by atoms with Crippen LogP contribution in [-0.4, -0.2) is 49.5 Å². The summed E-state index contributed by atoms with van der Waals surface area (Å²) in [5.74, 6) is 0.205. The number of fused-ring (bicyclic) bond motifs is 1. The van der Waals surface area contributed by atoms with Crippen molar-refractivity contribution in [1.29, 1.82) is 0 Å². The highest BCUT2D eigenvalue weighted by molar-refractivity contribution is 8.16. The van der Waals surface area contributed by atoms with Crippen LogP contribution >= 0.6 is 11.8 Å². The monoisotopic (exact) mass is 634 g/mol. The van der Waals surface area contributed by atoms with Crippen LogP contribution in [0, 0.1) is 0 Å². The lowest BCUT2D eigenvalue weighted by molar-refractivity contribution is -0.274. The summed E-state index contributed by atoms with van der Waals surface area (Å²) in [6.07, 6.45) is -2.06. The fourth-order valence-corrected chi connectivity index (χ4v) is 6.44. The molecule has 9 nitrogen and oxygen atoms in total. The number of amidine groups is 1. The third kappa shape index (κ3) is 6.58. The van der Waals surface area contributed by atoms with Gasteiger partial charge in [0.25, 0.3) is 0 Å². The van der Waals surface area contributed by atoms with E-state index in [9.17, 15) is 22.8 Å². The molecule has 1 aliphatic heterocycles. The van der Waals surface area contributed by atoms with Crippen LogP contribution in [0.25, 0.3) is 17.1 Å². The molecular formula is C32H29F3N6O3S. The van der Waals surface area contributed by atoms with E-state index in [1.165, 1.54) is 47.0 Å². The zero-order valence-electron chi connectivity index (χ0n) is 24.6. The Hall–Kier alpha value is -4.65. The molecule has 0 bridgehead atoms. The molecular weight excluding hydrogens is 605 g/mol. The van der Waals surface area contributed by atoms with Gasteiger partial charge in [0, 0.05) is 11.6 Å². The lowest BCUT2D eigenvalue weighted by Crippen LogP contribution is -2.36. The van der Waals surface area contributed by atoms with Crippen LogP contribution in [0.2, 0.25) is 0 Å². The first-order valence-electron chi connectivity index (χ1n) is 14.3. The summed E-state index contributed by atoms with van der Waals surface area (Å²) in [4.78, 5) is 36.4. The summed E-state index contributed by atoms with van der Waals surface area (Å²) in [5, 5.41) is 7.49. The number of anilines is 1. The number of aliphatic imine (C=N–C) groups is 1. The van der Waals surface area contributed by atoms with Crippen molar-refractivity contribution < 1.29 is 27.5 Å². The predicted molar refractivity (Wildman–Crippen MR) is 166 cm³/mol. The Morgan fingerprint density at radius 2 is 1.80 bits per heavy atom. The van der Waals surface area contributed by atoms with Crippen LogP contribution in [0.4, 0.5) is 23.7 Å². The van der Waals surface area contributed by atoms with Crippen molar-refractivity contribution >= 4 is 34.6 Å².